The van der Waals surface area contributed by atoms with Gasteiger partial charge in [0.2, 0.25) is 0 Å². The van der Waals surface area contributed by atoms with Crippen molar-refractivity contribution in [3.8, 4) is 0 Å². The number of thiophene rings is 1. The van der Waals surface area contributed by atoms with Crippen LogP contribution in [0.2, 0.25) is 5.02 Å². The fourth-order valence-corrected chi connectivity index (χ4v) is 2.46. The molecule has 1 fully saturated rings. The van der Waals surface area contributed by atoms with E-state index in [4.69, 9.17) is 16.7 Å². The number of hydrogen-bond donors (Lipinski definition) is 2. The Bertz CT molecular complexity index is 439. The highest BCUT2D eigenvalue weighted by Gasteiger charge is 2.50. The summed E-state index contributed by atoms with van der Waals surface area (Å²) in [6, 6.07) is 1.64. The number of aliphatic carboxylic acids is 1. The van der Waals surface area contributed by atoms with Gasteiger partial charge in [0.1, 0.15) is 4.88 Å². The first-order chi connectivity index (χ1) is 7.55. The Balaban J connectivity index is 1.95. The summed E-state index contributed by atoms with van der Waals surface area (Å²) in [6.07, 6.45) is 1.25. The van der Waals surface area contributed by atoms with Gasteiger partial charge < -0.3 is 10.4 Å². The molecule has 1 aliphatic carbocycles. The largest absolute Gasteiger partial charge is 0.481 e. The highest BCUT2D eigenvalue weighted by Crippen LogP contribution is 2.45. The van der Waals surface area contributed by atoms with Gasteiger partial charge in [0.25, 0.3) is 5.91 Å². The minimum absolute atomic E-state index is 0.176. The third-order valence-corrected chi connectivity index (χ3v) is 4.06. The number of carbonyl (C=O) groups is 2. The quantitative estimate of drug-likeness (QED) is 0.869. The summed E-state index contributed by atoms with van der Waals surface area (Å²) in [6.45, 7) is 0.176. The summed E-state index contributed by atoms with van der Waals surface area (Å²) in [5, 5.41) is 13.7. The van der Waals surface area contributed by atoms with Crippen molar-refractivity contribution in [3.63, 3.8) is 0 Å². The Morgan fingerprint density at radius 3 is 2.69 bits per heavy atom. The Labute approximate surface area is 101 Å². The number of carboxylic acid groups (broad SMARTS) is 1. The van der Waals surface area contributed by atoms with Crippen LogP contribution in [0, 0.1) is 5.41 Å². The molecule has 1 aliphatic rings. The molecule has 0 spiro atoms. The molecule has 1 aromatic heterocycles. The summed E-state index contributed by atoms with van der Waals surface area (Å²) >= 11 is 7.04. The maximum Gasteiger partial charge on any atom is 0.311 e. The maximum atomic E-state index is 11.6. The predicted octanol–water partition coefficient (Wildman–Crippen LogP) is 2.00. The van der Waals surface area contributed by atoms with E-state index < -0.39 is 11.4 Å². The molecule has 0 aromatic carbocycles. The van der Waals surface area contributed by atoms with E-state index >= 15 is 0 Å². The van der Waals surface area contributed by atoms with Crippen molar-refractivity contribution in [2.24, 2.45) is 5.41 Å². The van der Waals surface area contributed by atoms with Gasteiger partial charge in [0.05, 0.1) is 10.4 Å². The number of amides is 1. The van der Waals surface area contributed by atoms with Crippen LogP contribution in [0.15, 0.2) is 11.4 Å². The van der Waals surface area contributed by atoms with Crippen molar-refractivity contribution in [3.05, 3.63) is 21.3 Å². The van der Waals surface area contributed by atoms with Gasteiger partial charge in [-0.2, -0.15) is 0 Å². The van der Waals surface area contributed by atoms with Crippen LogP contribution in [0.1, 0.15) is 22.5 Å². The molecule has 6 heteroatoms. The number of carboxylic acids is 1. The van der Waals surface area contributed by atoms with E-state index in [0.717, 1.165) is 0 Å². The molecule has 1 amide bonds. The summed E-state index contributed by atoms with van der Waals surface area (Å²) in [4.78, 5) is 23.0. The van der Waals surface area contributed by atoms with Gasteiger partial charge in [-0.1, -0.05) is 11.6 Å². The molecule has 0 unspecified atom stereocenters. The lowest BCUT2D eigenvalue weighted by molar-refractivity contribution is -0.143. The summed E-state index contributed by atoms with van der Waals surface area (Å²) < 4.78 is 0. The molecule has 0 aliphatic heterocycles. The molecule has 0 radical (unpaired) electrons. The van der Waals surface area contributed by atoms with Crippen LogP contribution < -0.4 is 5.32 Å². The molecule has 1 aromatic rings. The number of nitrogens with one attached hydrogen (secondary N) is 1. The normalized spacial score (nSPS) is 16.8. The van der Waals surface area contributed by atoms with Gasteiger partial charge in [0.15, 0.2) is 0 Å². The zero-order valence-electron chi connectivity index (χ0n) is 8.33. The van der Waals surface area contributed by atoms with Crippen molar-refractivity contribution in [1.29, 1.82) is 0 Å². The van der Waals surface area contributed by atoms with Crippen LogP contribution in [0.25, 0.3) is 0 Å². The van der Waals surface area contributed by atoms with Crippen molar-refractivity contribution in [1.82, 2.24) is 5.32 Å². The molecule has 86 valence electrons. The van der Waals surface area contributed by atoms with Crippen LogP contribution in [0.4, 0.5) is 0 Å². The summed E-state index contributed by atoms with van der Waals surface area (Å²) in [5.74, 6) is -1.14. The van der Waals surface area contributed by atoms with Gasteiger partial charge in [0, 0.05) is 6.54 Å². The van der Waals surface area contributed by atoms with Crippen LogP contribution >= 0.6 is 22.9 Å². The van der Waals surface area contributed by atoms with Gasteiger partial charge >= 0.3 is 5.97 Å². The van der Waals surface area contributed by atoms with E-state index in [0.29, 0.717) is 22.7 Å². The van der Waals surface area contributed by atoms with Gasteiger partial charge in [-0.25, -0.2) is 0 Å². The first kappa shape index (κ1) is 11.4. The first-order valence-electron chi connectivity index (χ1n) is 4.80. The Morgan fingerprint density at radius 2 is 2.25 bits per heavy atom. The van der Waals surface area contributed by atoms with Crippen molar-refractivity contribution < 1.29 is 14.7 Å². The zero-order chi connectivity index (χ0) is 11.8. The van der Waals surface area contributed by atoms with E-state index in [1.807, 2.05) is 0 Å². The number of hydrogen-bond acceptors (Lipinski definition) is 3. The Kier molecular flexibility index (Phi) is 2.90. The molecule has 0 bridgehead atoms. The molecule has 16 heavy (non-hydrogen) atoms. The van der Waals surface area contributed by atoms with Crippen LogP contribution in [-0.2, 0) is 4.79 Å². The summed E-state index contributed by atoms with van der Waals surface area (Å²) in [7, 11) is 0. The summed E-state index contributed by atoms with van der Waals surface area (Å²) in [5.41, 5.74) is -0.737. The van der Waals surface area contributed by atoms with Crippen LogP contribution in [0.5, 0.6) is 0 Å². The van der Waals surface area contributed by atoms with Crippen molar-refractivity contribution >= 4 is 34.8 Å². The second kappa shape index (κ2) is 4.07. The third-order valence-electron chi connectivity index (χ3n) is 2.72. The second-order valence-corrected chi connectivity index (χ2v) is 5.19. The van der Waals surface area contributed by atoms with Crippen LogP contribution in [-0.4, -0.2) is 23.5 Å². The third kappa shape index (κ3) is 2.05. The highest BCUT2D eigenvalue weighted by atomic mass is 35.5. The molecule has 1 heterocycles. The first-order valence-corrected chi connectivity index (χ1v) is 6.05. The molecule has 0 saturated heterocycles. The predicted molar refractivity (Wildman–Crippen MR) is 61.0 cm³/mol. The lowest BCUT2D eigenvalue weighted by atomic mass is 10.1. The van der Waals surface area contributed by atoms with E-state index in [1.165, 1.54) is 11.3 Å². The molecule has 4 nitrogen and oxygen atoms in total. The average molecular weight is 260 g/mol. The smallest absolute Gasteiger partial charge is 0.311 e. The second-order valence-electron chi connectivity index (χ2n) is 3.87. The zero-order valence-corrected chi connectivity index (χ0v) is 9.90. The van der Waals surface area contributed by atoms with Gasteiger partial charge in [-0.15, -0.1) is 11.3 Å². The lowest BCUT2D eigenvalue weighted by Crippen LogP contribution is -2.33. The minimum Gasteiger partial charge on any atom is -0.481 e. The standard InChI is InChI=1S/C10H10ClNO3S/c11-6-1-4-16-7(6)8(13)12-5-10(2-3-10)9(14)15/h1,4H,2-3,5H2,(H,12,13)(H,14,15). The average Bonchev–Trinajstić information content (AvgIpc) is 2.92. The maximum absolute atomic E-state index is 11.6. The SMILES string of the molecule is O=C(NCC1(C(=O)O)CC1)c1sccc1Cl. The minimum atomic E-state index is -0.843. The number of rotatable bonds is 4. The fraction of sp³-hybridized carbons (Fsp3) is 0.400. The molecule has 2 rings (SSSR count). The van der Waals surface area contributed by atoms with E-state index in [-0.39, 0.29) is 12.5 Å². The molecule has 1 saturated carbocycles. The number of halogens is 1. The van der Waals surface area contributed by atoms with Gasteiger partial charge in [-0.05, 0) is 24.3 Å². The van der Waals surface area contributed by atoms with E-state index in [1.54, 1.807) is 11.4 Å². The molecular weight excluding hydrogens is 250 g/mol. The van der Waals surface area contributed by atoms with Crippen LogP contribution in [0.3, 0.4) is 0 Å². The molecule has 0 atom stereocenters. The number of carbonyl (C=O) groups excluding carboxylic acids is 1. The van der Waals surface area contributed by atoms with Crippen molar-refractivity contribution in [2.45, 2.75) is 12.8 Å². The molecular formula is C10H10ClNO3S. The topological polar surface area (TPSA) is 66.4 Å². The Hall–Kier alpha value is -1.07. The fourth-order valence-electron chi connectivity index (χ4n) is 1.40. The van der Waals surface area contributed by atoms with E-state index in [2.05, 4.69) is 5.32 Å². The lowest BCUT2D eigenvalue weighted by Gasteiger charge is -2.10. The van der Waals surface area contributed by atoms with Crippen molar-refractivity contribution in [2.75, 3.05) is 6.54 Å². The highest BCUT2D eigenvalue weighted by molar-refractivity contribution is 7.12. The van der Waals surface area contributed by atoms with Gasteiger partial charge in [-0.3, -0.25) is 9.59 Å². The Morgan fingerprint density at radius 1 is 1.56 bits per heavy atom. The molecule has 2 N–H and O–H groups in total. The monoisotopic (exact) mass is 259 g/mol. The van der Waals surface area contributed by atoms with E-state index in [9.17, 15) is 9.59 Å².